The van der Waals surface area contributed by atoms with Crippen molar-refractivity contribution in [2.45, 2.75) is 6.54 Å². The average Bonchev–Trinajstić information content (AvgIpc) is 2.59. The van der Waals surface area contributed by atoms with Gasteiger partial charge in [0, 0.05) is 19.3 Å². The van der Waals surface area contributed by atoms with Gasteiger partial charge in [0.2, 0.25) is 11.8 Å². The first-order valence-corrected chi connectivity index (χ1v) is 8.92. The van der Waals surface area contributed by atoms with E-state index in [0.29, 0.717) is 22.3 Å². The Bertz CT molecular complexity index is 815. The lowest BCUT2D eigenvalue weighted by atomic mass is 10.2. The van der Waals surface area contributed by atoms with E-state index in [9.17, 15) is 14.0 Å². The normalized spacial score (nSPS) is 10.7. The molecule has 0 aliphatic rings. The summed E-state index contributed by atoms with van der Waals surface area (Å²) in [5.41, 5.74) is 1.36. The number of hydrogen-bond donors (Lipinski definition) is 1. The third-order valence-corrected chi connectivity index (χ3v) is 4.52. The zero-order chi connectivity index (χ0) is 20.0. The maximum atomic E-state index is 12.9. The van der Waals surface area contributed by atoms with Crippen molar-refractivity contribution in [1.29, 1.82) is 0 Å². The van der Waals surface area contributed by atoms with Crippen molar-refractivity contribution in [1.82, 2.24) is 9.80 Å². The van der Waals surface area contributed by atoms with Crippen molar-refractivity contribution in [3.8, 4) is 0 Å². The molecule has 0 heterocycles. The Morgan fingerprint density at radius 2 is 1.67 bits per heavy atom. The Hall–Kier alpha value is -2.15. The van der Waals surface area contributed by atoms with Crippen LogP contribution in [0, 0.1) is 5.82 Å². The quantitative estimate of drug-likeness (QED) is 0.755. The molecule has 0 saturated carbocycles. The topological polar surface area (TPSA) is 52.7 Å². The van der Waals surface area contributed by atoms with Crippen LogP contribution < -0.4 is 5.32 Å². The van der Waals surface area contributed by atoms with Crippen LogP contribution in [-0.4, -0.2) is 48.8 Å². The molecule has 2 amide bonds. The van der Waals surface area contributed by atoms with E-state index in [1.807, 2.05) is 0 Å². The smallest absolute Gasteiger partial charge is 0.238 e. The van der Waals surface area contributed by atoms with Crippen molar-refractivity contribution < 1.29 is 14.0 Å². The molecule has 0 spiro atoms. The third-order valence-electron chi connectivity index (χ3n) is 3.78. The molecule has 144 valence electrons. The van der Waals surface area contributed by atoms with E-state index in [-0.39, 0.29) is 30.7 Å². The van der Waals surface area contributed by atoms with Crippen molar-refractivity contribution in [2.75, 3.05) is 32.5 Å². The van der Waals surface area contributed by atoms with Gasteiger partial charge in [-0.3, -0.25) is 14.5 Å². The molecule has 0 aliphatic heterocycles. The minimum absolute atomic E-state index is 0.0381. The molecule has 0 unspecified atom stereocenters. The van der Waals surface area contributed by atoms with Crippen LogP contribution in [0.4, 0.5) is 10.1 Å². The second kappa shape index (κ2) is 9.69. The molecule has 1 N–H and O–H groups in total. The highest BCUT2D eigenvalue weighted by Crippen LogP contribution is 2.24. The van der Waals surface area contributed by atoms with Gasteiger partial charge in [-0.2, -0.15) is 0 Å². The third kappa shape index (κ3) is 6.82. The molecular weight excluding hydrogens is 392 g/mol. The van der Waals surface area contributed by atoms with Crippen LogP contribution in [0.15, 0.2) is 42.5 Å². The minimum atomic E-state index is -0.319. The highest BCUT2D eigenvalue weighted by atomic mass is 35.5. The van der Waals surface area contributed by atoms with Crippen LogP contribution in [0.25, 0.3) is 0 Å². The van der Waals surface area contributed by atoms with Gasteiger partial charge in [-0.15, -0.1) is 0 Å². The number of rotatable bonds is 7. The molecule has 0 bridgehead atoms. The SMILES string of the molecule is CN(CC(=O)Nc1ccc(Cl)c(Cl)c1)CC(=O)N(C)Cc1ccc(F)cc1. The number of likely N-dealkylation sites (N-methyl/N-ethyl adjacent to an activating group) is 2. The fraction of sp³-hybridized carbons (Fsp3) is 0.263. The largest absolute Gasteiger partial charge is 0.340 e. The van der Waals surface area contributed by atoms with Crippen LogP contribution in [0.3, 0.4) is 0 Å². The molecule has 2 rings (SSSR count). The van der Waals surface area contributed by atoms with Gasteiger partial charge >= 0.3 is 0 Å². The highest BCUT2D eigenvalue weighted by Gasteiger charge is 2.15. The Balaban J connectivity index is 1.81. The second-order valence-corrected chi connectivity index (χ2v) is 7.04. The van der Waals surface area contributed by atoms with Crippen LogP contribution in [-0.2, 0) is 16.1 Å². The minimum Gasteiger partial charge on any atom is -0.340 e. The van der Waals surface area contributed by atoms with Crippen LogP contribution in [0.1, 0.15) is 5.56 Å². The molecule has 8 heteroatoms. The molecule has 27 heavy (non-hydrogen) atoms. The van der Waals surface area contributed by atoms with Gasteiger partial charge in [-0.1, -0.05) is 35.3 Å². The standard InChI is InChI=1S/C19H20Cl2FN3O2/c1-24(11-18(26)23-15-7-8-16(20)17(21)9-15)12-19(27)25(2)10-13-3-5-14(22)6-4-13/h3-9H,10-12H2,1-2H3,(H,23,26). The Kier molecular flexibility index (Phi) is 7.59. The number of anilines is 1. The molecule has 0 saturated heterocycles. The van der Waals surface area contributed by atoms with Crippen LogP contribution in [0.2, 0.25) is 10.0 Å². The summed E-state index contributed by atoms with van der Waals surface area (Å²) in [5, 5.41) is 3.46. The van der Waals surface area contributed by atoms with Crippen molar-refractivity contribution in [2.24, 2.45) is 0 Å². The first kappa shape index (κ1) is 21.2. The molecule has 5 nitrogen and oxygen atoms in total. The summed E-state index contributed by atoms with van der Waals surface area (Å²) < 4.78 is 12.9. The average molecular weight is 412 g/mol. The summed E-state index contributed by atoms with van der Waals surface area (Å²) in [5.74, 6) is -0.741. The zero-order valence-electron chi connectivity index (χ0n) is 15.0. The molecule has 2 aromatic rings. The zero-order valence-corrected chi connectivity index (χ0v) is 16.5. The lowest BCUT2D eigenvalue weighted by Crippen LogP contribution is -2.39. The summed E-state index contributed by atoms with van der Waals surface area (Å²) >= 11 is 11.8. The lowest BCUT2D eigenvalue weighted by molar-refractivity contribution is -0.131. The van der Waals surface area contributed by atoms with E-state index in [4.69, 9.17) is 23.2 Å². The summed E-state index contributed by atoms with van der Waals surface area (Å²) in [7, 11) is 3.34. The van der Waals surface area contributed by atoms with E-state index >= 15 is 0 Å². The Morgan fingerprint density at radius 1 is 1.00 bits per heavy atom. The van der Waals surface area contributed by atoms with Gasteiger partial charge in [-0.25, -0.2) is 4.39 Å². The van der Waals surface area contributed by atoms with Gasteiger partial charge in [-0.05, 0) is 42.9 Å². The van der Waals surface area contributed by atoms with Gasteiger partial charge < -0.3 is 10.2 Å². The van der Waals surface area contributed by atoms with E-state index in [1.165, 1.54) is 17.0 Å². The van der Waals surface area contributed by atoms with E-state index in [1.54, 1.807) is 49.3 Å². The number of nitrogens with one attached hydrogen (secondary N) is 1. The molecule has 0 aliphatic carbocycles. The first-order chi connectivity index (χ1) is 12.7. The van der Waals surface area contributed by atoms with Gasteiger partial charge in [0.1, 0.15) is 5.82 Å². The Morgan fingerprint density at radius 3 is 2.30 bits per heavy atom. The number of carbonyl (C=O) groups is 2. The lowest BCUT2D eigenvalue weighted by Gasteiger charge is -2.21. The number of halogens is 3. The molecule has 0 aromatic heterocycles. The van der Waals surface area contributed by atoms with E-state index in [2.05, 4.69) is 5.32 Å². The van der Waals surface area contributed by atoms with Crippen LogP contribution in [0.5, 0.6) is 0 Å². The summed E-state index contributed by atoms with van der Waals surface area (Å²) in [4.78, 5) is 27.5. The maximum Gasteiger partial charge on any atom is 0.238 e. The highest BCUT2D eigenvalue weighted by molar-refractivity contribution is 6.42. The molecule has 0 fully saturated rings. The van der Waals surface area contributed by atoms with Crippen molar-refractivity contribution in [3.63, 3.8) is 0 Å². The fourth-order valence-electron chi connectivity index (χ4n) is 2.38. The number of benzene rings is 2. The number of carbonyl (C=O) groups excluding carboxylic acids is 2. The summed E-state index contributed by atoms with van der Waals surface area (Å²) in [6.45, 7) is 0.477. The summed E-state index contributed by atoms with van der Waals surface area (Å²) in [6, 6.07) is 10.8. The van der Waals surface area contributed by atoms with E-state index < -0.39 is 0 Å². The second-order valence-electron chi connectivity index (χ2n) is 6.23. The molecule has 2 aromatic carbocycles. The number of amides is 2. The predicted octanol–water partition coefficient (Wildman–Crippen LogP) is 3.66. The molecule has 0 radical (unpaired) electrons. The fourth-order valence-corrected chi connectivity index (χ4v) is 2.68. The van der Waals surface area contributed by atoms with Crippen LogP contribution >= 0.6 is 23.2 Å². The summed E-state index contributed by atoms with van der Waals surface area (Å²) in [6.07, 6.45) is 0. The van der Waals surface area contributed by atoms with Crippen molar-refractivity contribution >= 4 is 40.7 Å². The van der Waals surface area contributed by atoms with Crippen molar-refractivity contribution in [3.05, 3.63) is 63.9 Å². The first-order valence-electron chi connectivity index (χ1n) is 8.16. The monoisotopic (exact) mass is 411 g/mol. The van der Waals surface area contributed by atoms with Gasteiger partial charge in [0.25, 0.3) is 0 Å². The predicted molar refractivity (Wildman–Crippen MR) is 105 cm³/mol. The molecule has 0 atom stereocenters. The number of nitrogens with zero attached hydrogens (tertiary/aromatic N) is 2. The number of hydrogen-bond acceptors (Lipinski definition) is 3. The van der Waals surface area contributed by atoms with Gasteiger partial charge in [0.05, 0.1) is 23.1 Å². The Labute approximate surface area is 167 Å². The van der Waals surface area contributed by atoms with E-state index in [0.717, 1.165) is 5.56 Å². The van der Waals surface area contributed by atoms with Gasteiger partial charge in [0.15, 0.2) is 0 Å². The molecular formula is C19H20Cl2FN3O2. The maximum absolute atomic E-state index is 12.9.